The largest absolute Gasteiger partial charge is 0.423 e. The highest BCUT2D eigenvalue weighted by Gasteiger charge is 2.34. The number of anilines is 1. The van der Waals surface area contributed by atoms with Crippen molar-refractivity contribution in [2.45, 2.75) is 35.7 Å². The quantitative estimate of drug-likeness (QED) is 0.118. The molecule has 0 radical (unpaired) electrons. The smallest absolute Gasteiger partial charge is 0.269 e. The number of non-ortho nitro benzene ring substituents is 2. The van der Waals surface area contributed by atoms with Gasteiger partial charge < -0.3 is 9.32 Å². The summed E-state index contributed by atoms with van der Waals surface area (Å²) in [4.78, 5) is 27.6. The average molecular weight is 721 g/mol. The van der Waals surface area contributed by atoms with Crippen molar-refractivity contribution in [1.29, 1.82) is 0 Å². The van der Waals surface area contributed by atoms with E-state index in [0.29, 0.717) is 0 Å². The van der Waals surface area contributed by atoms with Crippen molar-refractivity contribution in [3.8, 4) is 0 Å². The molecule has 15 nitrogen and oxygen atoms in total. The topological polar surface area (TPSA) is 208 Å². The van der Waals surface area contributed by atoms with Crippen LogP contribution >= 0.6 is 0 Å². The summed E-state index contributed by atoms with van der Waals surface area (Å²) in [6, 6.07) is 19.9. The third kappa shape index (κ3) is 7.86. The molecule has 0 aliphatic carbocycles. The Hall–Kier alpha value is -5.49. The molecule has 5 rings (SSSR count). The summed E-state index contributed by atoms with van der Waals surface area (Å²) < 4.78 is 66.2. The summed E-state index contributed by atoms with van der Waals surface area (Å²) in [5.74, 6) is -0.175. The number of benzene rings is 4. The van der Waals surface area contributed by atoms with Crippen LogP contribution in [0.4, 0.5) is 17.3 Å². The van der Waals surface area contributed by atoms with E-state index in [2.05, 4.69) is 14.4 Å². The van der Waals surface area contributed by atoms with E-state index in [9.17, 15) is 37.1 Å². The van der Waals surface area contributed by atoms with Gasteiger partial charge in [0.05, 0.1) is 25.7 Å². The van der Waals surface area contributed by atoms with Crippen LogP contribution in [0.2, 0.25) is 0 Å². The lowest BCUT2D eigenvalue weighted by Crippen LogP contribution is -2.31. The van der Waals surface area contributed by atoms with Crippen molar-refractivity contribution in [3.63, 3.8) is 0 Å². The lowest BCUT2D eigenvalue weighted by atomic mass is 10.0. The first kappa shape index (κ1) is 35.8. The highest BCUT2D eigenvalue weighted by Crippen LogP contribution is 2.36. The van der Waals surface area contributed by atoms with E-state index in [1.807, 2.05) is 0 Å². The van der Waals surface area contributed by atoms with E-state index in [-0.39, 0.29) is 49.8 Å². The molecule has 1 aromatic heterocycles. The average Bonchev–Trinajstić information content (AvgIpc) is 3.52. The minimum absolute atomic E-state index is 0.0102. The molecule has 5 aromatic rings. The summed E-state index contributed by atoms with van der Waals surface area (Å²) >= 11 is 0. The van der Waals surface area contributed by atoms with Crippen LogP contribution in [0.3, 0.4) is 0 Å². The normalized spacial score (nSPS) is 13.0. The van der Waals surface area contributed by atoms with Crippen LogP contribution in [0.1, 0.15) is 45.9 Å². The van der Waals surface area contributed by atoms with Gasteiger partial charge in [-0.1, -0.05) is 59.7 Å². The second-order valence-electron chi connectivity index (χ2n) is 11.6. The van der Waals surface area contributed by atoms with Crippen LogP contribution < -0.4 is 14.3 Å². The Kier molecular flexibility index (Phi) is 10.1. The number of hydrogen-bond donors (Lipinski definition) is 2. The van der Waals surface area contributed by atoms with Crippen LogP contribution in [-0.2, 0) is 20.0 Å². The van der Waals surface area contributed by atoms with Gasteiger partial charge in [-0.2, -0.15) is 9.44 Å². The Labute approximate surface area is 288 Å². The molecule has 260 valence electrons. The first-order valence-electron chi connectivity index (χ1n) is 14.9. The molecular formula is C33H32N6O9S2. The van der Waals surface area contributed by atoms with Crippen molar-refractivity contribution in [1.82, 2.24) is 14.4 Å². The molecule has 0 aliphatic heterocycles. The molecule has 0 aliphatic rings. The van der Waals surface area contributed by atoms with E-state index in [4.69, 9.17) is 4.42 Å². The molecule has 0 bridgehead atoms. The molecule has 50 heavy (non-hydrogen) atoms. The van der Waals surface area contributed by atoms with Crippen molar-refractivity contribution in [3.05, 3.63) is 151 Å². The SMILES string of the molecule is Cc1ccc(S(=O)(=O)NC(c2ccc([N+](=O)[O-])cc2)c2nc(C(NS(=O)(=O)c3ccc(C)cc3)c3ccc([N+](=O)[O-])cc3)c(N(C)C)o2)cc1. The number of aromatic nitrogens is 1. The number of nitrogens with zero attached hydrogens (tertiary/aromatic N) is 4. The van der Waals surface area contributed by atoms with E-state index >= 15 is 0 Å². The Balaban J connectivity index is 1.68. The van der Waals surface area contributed by atoms with Crippen molar-refractivity contribution in [2.24, 2.45) is 0 Å². The van der Waals surface area contributed by atoms with Crippen molar-refractivity contribution >= 4 is 37.3 Å². The first-order chi connectivity index (χ1) is 23.6. The number of nitro groups is 2. The molecule has 0 spiro atoms. The molecule has 2 atom stereocenters. The van der Waals surface area contributed by atoms with Crippen LogP contribution in [0, 0.1) is 34.1 Å². The minimum Gasteiger partial charge on any atom is -0.423 e. The number of nitro benzene ring substituents is 2. The standard InChI is InChI=1S/C33H32N6O9S2/c1-21-5-17-27(18-6-21)49(44,45)35-29(23-9-13-25(14-10-23)38(40)41)31-33(37(3)4)48-32(34-31)30(24-11-15-26(16-12-24)39(42)43)36-50(46,47)28-19-7-22(2)8-20-28/h5-20,29-30,35-36H,1-4H3. The Bertz CT molecular complexity index is 2240. The maximum atomic E-state index is 13.7. The fraction of sp³-hybridized carbons (Fsp3) is 0.182. The number of hydrogen-bond acceptors (Lipinski definition) is 11. The molecule has 0 saturated carbocycles. The number of oxazole rings is 1. The fourth-order valence-electron chi connectivity index (χ4n) is 4.97. The summed E-state index contributed by atoms with van der Waals surface area (Å²) in [7, 11) is -5.29. The summed E-state index contributed by atoms with van der Waals surface area (Å²) in [5, 5.41) is 22.8. The van der Waals surface area contributed by atoms with Gasteiger partial charge >= 0.3 is 0 Å². The monoisotopic (exact) mass is 720 g/mol. The molecular weight excluding hydrogens is 689 g/mol. The highest BCUT2D eigenvalue weighted by atomic mass is 32.2. The highest BCUT2D eigenvalue weighted by molar-refractivity contribution is 7.89. The minimum atomic E-state index is -4.25. The second kappa shape index (κ2) is 14.2. The van der Waals surface area contributed by atoms with Gasteiger partial charge in [-0.15, -0.1) is 0 Å². The zero-order chi connectivity index (χ0) is 36.4. The van der Waals surface area contributed by atoms with Gasteiger partial charge in [0, 0.05) is 38.4 Å². The third-order valence-corrected chi connectivity index (χ3v) is 10.5. The molecule has 2 N–H and O–H groups in total. The van der Waals surface area contributed by atoms with E-state index in [1.54, 1.807) is 52.2 Å². The van der Waals surface area contributed by atoms with Crippen LogP contribution in [-0.4, -0.2) is 45.8 Å². The van der Waals surface area contributed by atoms with Crippen LogP contribution in [0.25, 0.3) is 0 Å². The zero-order valence-electron chi connectivity index (χ0n) is 27.2. The molecule has 0 saturated heterocycles. The summed E-state index contributed by atoms with van der Waals surface area (Å²) in [6.07, 6.45) is 0. The van der Waals surface area contributed by atoms with Crippen molar-refractivity contribution < 1.29 is 31.1 Å². The maximum Gasteiger partial charge on any atom is 0.269 e. The van der Waals surface area contributed by atoms with Gasteiger partial charge in [0.25, 0.3) is 11.4 Å². The lowest BCUT2D eigenvalue weighted by Gasteiger charge is -2.20. The van der Waals surface area contributed by atoms with E-state index in [1.165, 1.54) is 77.7 Å². The van der Waals surface area contributed by atoms with Crippen LogP contribution in [0.5, 0.6) is 0 Å². The van der Waals surface area contributed by atoms with Gasteiger partial charge in [0.15, 0.2) is 0 Å². The van der Waals surface area contributed by atoms with Gasteiger partial charge in [0.2, 0.25) is 31.8 Å². The number of nitrogens with one attached hydrogen (secondary N) is 2. The zero-order valence-corrected chi connectivity index (χ0v) is 28.8. The van der Waals surface area contributed by atoms with Crippen molar-refractivity contribution in [2.75, 3.05) is 19.0 Å². The Morgan fingerprint density at radius 3 is 1.40 bits per heavy atom. The molecule has 1 heterocycles. The lowest BCUT2D eigenvalue weighted by molar-refractivity contribution is -0.385. The third-order valence-electron chi connectivity index (χ3n) is 7.66. The molecule has 4 aromatic carbocycles. The van der Waals surface area contributed by atoms with E-state index in [0.717, 1.165) is 11.1 Å². The molecule has 17 heteroatoms. The van der Waals surface area contributed by atoms with Gasteiger partial charge in [-0.05, 0) is 49.2 Å². The number of sulfonamides is 2. The second-order valence-corrected chi connectivity index (χ2v) is 15.0. The fourth-order valence-corrected chi connectivity index (χ4v) is 7.34. The van der Waals surface area contributed by atoms with Crippen LogP contribution in [0.15, 0.2) is 111 Å². The van der Waals surface area contributed by atoms with Gasteiger partial charge in [-0.3, -0.25) is 20.2 Å². The maximum absolute atomic E-state index is 13.7. The number of aryl methyl sites for hydroxylation is 2. The predicted molar refractivity (Wildman–Crippen MR) is 184 cm³/mol. The molecule has 2 unspecified atom stereocenters. The predicted octanol–water partition coefficient (Wildman–Crippen LogP) is 5.31. The van der Waals surface area contributed by atoms with Gasteiger partial charge in [-0.25, -0.2) is 21.8 Å². The van der Waals surface area contributed by atoms with Gasteiger partial charge in [0.1, 0.15) is 11.7 Å². The Morgan fingerprint density at radius 2 is 1.02 bits per heavy atom. The summed E-state index contributed by atoms with van der Waals surface area (Å²) in [6.45, 7) is 3.60. The summed E-state index contributed by atoms with van der Waals surface area (Å²) in [5.41, 5.74) is 1.70. The number of rotatable bonds is 13. The molecule has 0 amide bonds. The Morgan fingerprint density at radius 1 is 0.640 bits per heavy atom. The molecule has 0 fully saturated rings. The van der Waals surface area contributed by atoms with E-state index < -0.39 is 42.0 Å². The first-order valence-corrected chi connectivity index (χ1v) is 17.9.